The van der Waals surface area contributed by atoms with Crippen LogP contribution in [0.4, 0.5) is 23.1 Å². The molecule has 0 bridgehead atoms. The number of sulfonamides is 1. The SMILES string of the molecule is Cc1cc(N2CCCC2)nc(Nc2ccc(NS(=O)(=O)c3ccc(C)c(Cl)c3)cc2)n1. The third-order valence-electron chi connectivity index (χ3n) is 5.12. The van der Waals surface area contributed by atoms with Gasteiger partial charge in [-0.1, -0.05) is 17.7 Å². The van der Waals surface area contributed by atoms with Gasteiger partial charge < -0.3 is 10.2 Å². The summed E-state index contributed by atoms with van der Waals surface area (Å²) in [7, 11) is -3.73. The fourth-order valence-electron chi connectivity index (χ4n) is 3.42. The minimum Gasteiger partial charge on any atom is -0.356 e. The highest BCUT2D eigenvalue weighted by molar-refractivity contribution is 7.92. The molecule has 0 amide bonds. The van der Waals surface area contributed by atoms with E-state index >= 15 is 0 Å². The van der Waals surface area contributed by atoms with E-state index in [1.54, 1.807) is 30.3 Å². The summed E-state index contributed by atoms with van der Waals surface area (Å²) in [5, 5.41) is 3.61. The minimum absolute atomic E-state index is 0.118. The van der Waals surface area contributed by atoms with E-state index in [0.717, 1.165) is 35.9 Å². The number of rotatable bonds is 6. The molecule has 4 rings (SSSR count). The number of halogens is 1. The van der Waals surface area contributed by atoms with Gasteiger partial charge in [0.1, 0.15) is 5.82 Å². The molecule has 1 aliphatic rings. The van der Waals surface area contributed by atoms with E-state index in [-0.39, 0.29) is 4.90 Å². The molecule has 2 N–H and O–H groups in total. The summed E-state index contributed by atoms with van der Waals surface area (Å²) >= 11 is 6.07. The molecule has 162 valence electrons. The molecule has 1 saturated heterocycles. The molecule has 1 aliphatic heterocycles. The molecule has 9 heteroatoms. The summed E-state index contributed by atoms with van der Waals surface area (Å²) in [6.07, 6.45) is 2.36. The number of benzene rings is 2. The predicted octanol–water partition coefficient (Wildman–Crippen LogP) is 4.89. The Labute approximate surface area is 187 Å². The van der Waals surface area contributed by atoms with Crippen LogP contribution in [0.25, 0.3) is 0 Å². The van der Waals surface area contributed by atoms with Crippen molar-refractivity contribution in [1.82, 2.24) is 9.97 Å². The second-order valence-electron chi connectivity index (χ2n) is 7.60. The van der Waals surface area contributed by atoms with E-state index in [2.05, 4.69) is 24.9 Å². The van der Waals surface area contributed by atoms with Crippen molar-refractivity contribution in [2.45, 2.75) is 31.6 Å². The number of nitrogens with one attached hydrogen (secondary N) is 2. The molecule has 0 unspecified atom stereocenters. The normalized spacial score (nSPS) is 14.0. The zero-order valence-corrected chi connectivity index (χ0v) is 19.0. The van der Waals surface area contributed by atoms with Crippen molar-refractivity contribution in [3.8, 4) is 0 Å². The maximum Gasteiger partial charge on any atom is 0.261 e. The molecule has 0 atom stereocenters. The van der Waals surface area contributed by atoms with E-state index in [9.17, 15) is 8.42 Å². The van der Waals surface area contributed by atoms with Gasteiger partial charge in [0.15, 0.2) is 0 Å². The third kappa shape index (κ3) is 5.08. The van der Waals surface area contributed by atoms with Crippen LogP contribution in [0.2, 0.25) is 5.02 Å². The topological polar surface area (TPSA) is 87.2 Å². The molecule has 0 saturated carbocycles. The molecule has 7 nitrogen and oxygen atoms in total. The molecule has 2 heterocycles. The fourth-order valence-corrected chi connectivity index (χ4v) is 4.75. The highest BCUT2D eigenvalue weighted by Gasteiger charge is 2.16. The Hall–Kier alpha value is -2.84. The van der Waals surface area contributed by atoms with Crippen molar-refractivity contribution in [3.05, 3.63) is 64.8 Å². The van der Waals surface area contributed by atoms with Gasteiger partial charge in [-0.25, -0.2) is 13.4 Å². The summed E-state index contributed by atoms with van der Waals surface area (Å²) in [5.74, 6) is 1.44. The van der Waals surface area contributed by atoms with Gasteiger partial charge in [-0.15, -0.1) is 0 Å². The van der Waals surface area contributed by atoms with Gasteiger partial charge in [0.2, 0.25) is 5.95 Å². The van der Waals surface area contributed by atoms with E-state index in [1.165, 1.54) is 25.0 Å². The van der Waals surface area contributed by atoms with E-state index in [1.807, 2.05) is 19.9 Å². The molecule has 3 aromatic rings. The fraction of sp³-hybridized carbons (Fsp3) is 0.273. The zero-order valence-electron chi connectivity index (χ0n) is 17.4. The maximum atomic E-state index is 12.6. The first-order chi connectivity index (χ1) is 14.8. The lowest BCUT2D eigenvalue weighted by molar-refractivity contribution is 0.601. The number of hydrogen-bond donors (Lipinski definition) is 2. The van der Waals surface area contributed by atoms with Gasteiger partial charge in [-0.2, -0.15) is 4.98 Å². The number of hydrogen-bond acceptors (Lipinski definition) is 6. The Balaban J connectivity index is 1.48. The summed E-state index contributed by atoms with van der Waals surface area (Å²) in [4.78, 5) is 11.5. The number of nitrogens with zero attached hydrogens (tertiary/aromatic N) is 3. The summed E-state index contributed by atoms with van der Waals surface area (Å²) in [6.45, 7) is 5.79. The first-order valence-corrected chi connectivity index (χ1v) is 11.9. The van der Waals surface area contributed by atoms with Gasteiger partial charge in [-0.05, 0) is 68.7 Å². The number of aryl methyl sites for hydroxylation is 2. The quantitative estimate of drug-likeness (QED) is 0.547. The average Bonchev–Trinajstić information content (AvgIpc) is 3.26. The van der Waals surface area contributed by atoms with Crippen LogP contribution < -0.4 is 14.9 Å². The van der Waals surface area contributed by atoms with Crippen LogP contribution in [0, 0.1) is 13.8 Å². The van der Waals surface area contributed by atoms with Crippen LogP contribution in [0.15, 0.2) is 53.4 Å². The Morgan fingerprint density at radius 3 is 2.29 bits per heavy atom. The molecule has 1 aromatic heterocycles. The van der Waals surface area contributed by atoms with Gasteiger partial charge >= 0.3 is 0 Å². The molecular weight excluding hydrogens is 434 g/mol. The first-order valence-electron chi connectivity index (χ1n) is 10.1. The van der Waals surface area contributed by atoms with Crippen LogP contribution in [0.3, 0.4) is 0 Å². The Bertz CT molecular complexity index is 1190. The van der Waals surface area contributed by atoms with Crippen molar-refractivity contribution in [1.29, 1.82) is 0 Å². The molecule has 1 fully saturated rings. The molecule has 2 aromatic carbocycles. The lowest BCUT2D eigenvalue weighted by atomic mass is 10.2. The number of anilines is 4. The third-order valence-corrected chi connectivity index (χ3v) is 6.90. The number of aromatic nitrogens is 2. The predicted molar refractivity (Wildman–Crippen MR) is 125 cm³/mol. The van der Waals surface area contributed by atoms with Crippen molar-refractivity contribution in [2.24, 2.45) is 0 Å². The van der Waals surface area contributed by atoms with Gasteiger partial charge in [0.25, 0.3) is 10.0 Å². The van der Waals surface area contributed by atoms with Crippen LogP contribution in [-0.2, 0) is 10.0 Å². The van der Waals surface area contributed by atoms with E-state index < -0.39 is 10.0 Å². The van der Waals surface area contributed by atoms with Crippen molar-refractivity contribution in [3.63, 3.8) is 0 Å². The zero-order chi connectivity index (χ0) is 22.0. The molecule has 0 radical (unpaired) electrons. The van der Waals surface area contributed by atoms with Crippen LogP contribution in [-0.4, -0.2) is 31.5 Å². The first kappa shape index (κ1) is 21.4. The second kappa shape index (κ2) is 8.72. The van der Waals surface area contributed by atoms with Crippen LogP contribution in [0.1, 0.15) is 24.1 Å². The van der Waals surface area contributed by atoms with Crippen molar-refractivity contribution in [2.75, 3.05) is 28.0 Å². The van der Waals surface area contributed by atoms with Gasteiger partial charge in [0, 0.05) is 41.2 Å². The Morgan fingerprint density at radius 1 is 0.935 bits per heavy atom. The Kier molecular flexibility index (Phi) is 6.02. The summed E-state index contributed by atoms with van der Waals surface area (Å²) in [5.41, 5.74) is 2.92. The monoisotopic (exact) mass is 457 g/mol. The lowest BCUT2D eigenvalue weighted by Crippen LogP contribution is -2.19. The summed E-state index contributed by atoms with van der Waals surface area (Å²) < 4.78 is 27.8. The van der Waals surface area contributed by atoms with Crippen molar-refractivity contribution < 1.29 is 8.42 Å². The molecule has 31 heavy (non-hydrogen) atoms. The molecule has 0 aliphatic carbocycles. The largest absolute Gasteiger partial charge is 0.356 e. The standard InChI is InChI=1S/C22H24ClN5O2S/c1-15-5-10-19(14-20(15)23)31(29,30)27-18-8-6-17(7-9-18)25-22-24-16(2)13-21(26-22)28-11-3-4-12-28/h5-10,13-14,27H,3-4,11-12H2,1-2H3,(H,24,25,26). The van der Waals surface area contributed by atoms with E-state index in [4.69, 9.17) is 11.6 Å². The highest BCUT2D eigenvalue weighted by Crippen LogP contribution is 2.25. The van der Waals surface area contributed by atoms with Gasteiger partial charge in [-0.3, -0.25) is 4.72 Å². The minimum atomic E-state index is -3.73. The molecular formula is C22H24ClN5O2S. The summed E-state index contributed by atoms with van der Waals surface area (Å²) in [6, 6.07) is 13.6. The maximum absolute atomic E-state index is 12.6. The second-order valence-corrected chi connectivity index (χ2v) is 9.69. The van der Waals surface area contributed by atoms with Crippen molar-refractivity contribution >= 4 is 44.8 Å². The highest BCUT2D eigenvalue weighted by atomic mass is 35.5. The Morgan fingerprint density at radius 2 is 1.61 bits per heavy atom. The molecule has 0 spiro atoms. The van der Waals surface area contributed by atoms with Gasteiger partial charge in [0.05, 0.1) is 4.90 Å². The van der Waals surface area contributed by atoms with E-state index in [0.29, 0.717) is 16.7 Å². The smallest absolute Gasteiger partial charge is 0.261 e. The van der Waals surface area contributed by atoms with Crippen LogP contribution >= 0.6 is 11.6 Å². The lowest BCUT2D eigenvalue weighted by Gasteiger charge is -2.17. The average molecular weight is 458 g/mol. The van der Waals surface area contributed by atoms with Crippen LogP contribution in [0.5, 0.6) is 0 Å².